The summed E-state index contributed by atoms with van der Waals surface area (Å²) in [6.45, 7) is 0.112. The van der Waals surface area contributed by atoms with Gasteiger partial charge in [0.2, 0.25) is 5.91 Å². The lowest BCUT2D eigenvalue weighted by atomic mass is 10.1. The van der Waals surface area contributed by atoms with Gasteiger partial charge in [-0.05, 0) is 77.9 Å². The third-order valence-corrected chi connectivity index (χ3v) is 5.29. The molecule has 0 aromatic heterocycles. The second-order valence-electron chi connectivity index (χ2n) is 7.93. The normalized spacial score (nSPS) is 10.6. The summed E-state index contributed by atoms with van der Waals surface area (Å²) in [4.78, 5) is 27.3. The molecule has 0 spiro atoms. The molecule has 176 valence electrons. The van der Waals surface area contributed by atoms with Crippen molar-refractivity contribution in [1.29, 1.82) is 0 Å². The van der Waals surface area contributed by atoms with E-state index in [0.717, 1.165) is 6.07 Å². The number of anilines is 2. The van der Waals surface area contributed by atoms with Crippen LogP contribution in [-0.4, -0.2) is 11.8 Å². The maximum atomic E-state index is 13.8. The standard InChI is InChI=1S/C28H21F3N2O2/c29-22-9-7-19(8-10-22)18-33(28(35)21-4-2-5-24(31)17-21)26-6-1-3-20(15-26)16-27(34)32-25-13-11-23(30)12-14-25/h1-15,17H,16,18H2,(H,32,34). The minimum absolute atomic E-state index is 0.0176. The Morgan fingerprint density at radius 2 is 1.34 bits per heavy atom. The quantitative estimate of drug-likeness (QED) is 0.350. The number of nitrogens with one attached hydrogen (secondary N) is 1. The average Bonchev–Trinajstić information content (AvgIpc) is 2.85. The summed E-state index contributed by atoms with van der Waals surface area (Å²) in [5.41, 5.74) is 2.43. The zero-order valence-electron chi connectivity index (χ0n) is 18.5. The van der Waals surface area contributed by atoms with E-state index in [-0.39, 0.29) is 24.4 Å². The molecule has 4 aromatic carbocycles. The van der Waals surface area contributed by atoms with Gasteiger partial charge in [-0.15, -0.1) is 0 Å². The molecule has 0 bridgehead atoms. The number of rotatable bonds is 7. The summed E-state index contributed by atoms with van der Waals surface area (Å²) >= 11 is 0. The Morgan fingerprint density at radius 1 is 0.686 bits per heavy atom. The van der Waals surface area contributed by atoms with E-state index in [1.165, 1.54) is 59.5 Å². The lowest BCUT2D eigenvalue weighted by Gasteiger charge is -2.24. The zero-order chi connectivity index (χ0) is 24.8. The van der Waals surface area contributed by atoms with Gasteiger partial charge >= 0.3 is 0 Å². The van der Waals surface area contributed by atoms with E-state index < -0.39 is 23.4 Å². The molecule has 35 heavy (non-hydrogen) atoms. The summed E-state index contributed by atoms with van der Waals surface area (Å²) in [5, 5.41) is 2.70. The van der Waals surface area contributed by atoms with Gasteiger partial charge < -0.3 is 10.2 Å². The monoisotopic (exact) mass is 474 g/mol. The highest BCUT2D eigenvalue weighted by Gasteiger charge is 2.20. The number of hydrogen-bond acceptors (Lipinski definition) is 2. The average molecular weight is 474 g/mol. The summed E-state index contributed by atoms with van der Waals surface area (Å²) in [7, 11) is 0. The van der Waals surface area contributed by atoms with Crippen LogP contribution in [-0.2, 0) is 17.8 Å². The number of halogens is 3. The van der Waals surface area contributed by atoms with Crippen molar-refractivity contribution in [1.82, 2.24) is 0 Å². The minimum atomic E-state index is -0.538. The van der Waals surface area contributed by atoms with Crippen LogP contribution in [0.3, 0.4) is 0 Å². The van der Waals surface area contributed by atoms with Crippen molar-refractivity contribution in [2.24, 2.45) is 0 Å². The number of amides is 2. The van der Waals surface area contributed by atoms with Gasteiger partial charge in [0.1, 0.15) is 17.5 Å². The third-order valence-electron chi connectivity index (χ3n) is 5.29. The first-order valence-electron chi connectivity index (χ1n) is 10.8. The molecule has 4 aromatic rings. The summed E-state index contributed by atoms with van der Waals surface area (Å²) in [6, 6.07) is 23.4. The maximum absolute atomic E-state index is 13.8. The summed E-state index contributed by atoms with van der Waals surface area (Å²) in [6.07, 6.45) is 0.0176. The second-order valence-corrected chi connectivity index (χ2v) is 7.93. The Kier molecular flexibility index (Phi) is 7.26. The molecule has 4 rings (SSSR count). The number of carbonyl (C=O) groups excluding carboxylic acids is 2. The summed E-state index contributed by atoms with van der Waals surface area (Å²) in [5.74, 6) is -2.09. The number of benzene rings is 4. The van der Waals surface area contributed by atoms with E-state index in [2.05, 4.69) is 5.32 Å². The van der Waals surface area contributed by atoms with Crippen molar-refractivity contribution in [3.63, 3.8) is 0 Å². The molecular formula is C28H21F3N2O2. The van der Waals surface area contributed by atoms with Crippen LogP contribution in [0.1, 0.15) is 21.5 Å². The van der Waals surface area contributed by atoms with E-state index in [0.29, 0.717) is 22.5 Å². The lowest BCUT2D eigenvalue weighted by Crippen LogP contribution is -2.30. The van der Waals surface area contributed by atoms with Crippen LogP contribution in [0.4, 0.5) is 24.5 Å². The van der Waals surface area contributed by atoms with Gasteiger partial charge in [0.15, 0.2) is 0 Å². The molecule has 7 heteroatoms. The van der Waals surface area contributed by atoms with Crippen molar-refractivity contribution >= 4 is 23.2 Å². The molecule has 0 aliphatic heterocycles. The van der Waals surface area contributed by atoms with Crippen LogP contribution in [0.25, 0.3) is 0 Å². The molecule has 0 saturated carbocycles. The van der Waals surface area contributed by atoms with Crippen LogP contribution in [0, 0.1) is 17.5 Å². The van der Waals surface area contributed by atoms with Crippen molar-refractivity contribution in [3.8, 4) is 0 Å². The van der Waals surface area contributed by atoms with E-state index in [1.807, 2.05) is 0 Å². The second kappa shape index (κ2) is 10.7. The molecule has 0 unspecified atom stereocenters. The molecule has 1 N–H and O–H groups in total. The fourth-order valence-electron chi connectivity index (χ4n) is 3.59. The van der Waals surface area contributed by atoms with Crippen LogP contribution in [0.5, 0.6) is 0 Å². The first-order valence-corrected chi connectivity index (χ1v) is 10.8. The van der Waals surface area contributed by atoms with Crippen LogP contribution in [0.2, 0.25) is 0 Å². The maximum Gasteiger partial charge on any atom is 0.258 e. The molecule has 0 heterocycles. The largest absolute Gasteiger partial charge is 0.326 e. The topological polar surface area (TPSA) is 49.4 Å². The molecular weight excluding hydrogens is 453 g/mol. The Labute approximate surface area is 200 Å². The van der Waals surface area contributed by atoms with Crippen LogP contribution >= 0.6 is 0 Å². The van der Waals surface area contributed by atoms with Crippen LogP contribution in [0.15, 0.2) is 97.1 Å². The fourth-order valence-corrected chi connectivity index (χ4v) is 3.59. The third kappa shape index (κ3) is 6.35. The van der Waals surface area contributed by atoms with Crippen molar-refractivity contribution in [3.05, 3.63) is 131 Å². The van der Waals surface area contributed by atoms with Gasteiger partial charge in [0.25, 0.3) is 5.91 Å². The molecule has 0 aliphatic rings. The van der Waals surface area contributed by atoms with Crippen molar-refractivity contribution < 1.29 is 22.8 Å². The van der Waals surface area contributed by atoms with Gasteiger partial charge in [-0.2, -0.15) is 0 Å². The number of carbonyl (C=O) groups is 2. The molecule has 0 saturated heterocycles. The molecule has 0 aliphatic carbocycles. The van der Waals surface area contributed by atoms with Crippen LogP contribution < -0.4 is 10.2 Å². The zero-order valence-corrected chi connectivity index (χ0v) is 18.5. The Balaban J connectivity index is 1.59. The van der Waals surface area contributed by atoms with Crippen molar-refractivity contribution in [2.75, 3.05) is 10.2 Å². The van der Waals surface area contributed by atoms with E-state index in [9.17, 15) is 22.8 Å². The molecule has 0 atom stereocenters. The lowest BCUT2D eigenvalue weighted by molar-refractivity contribution is -0.115. The molecule has 2 amide bonds. The number of nitrogens with zero attached hydrogens (tertiary/aromatic N) is 1. The first-order chi connectivity index (χ1) is 16.9. The molecule has 0 fully saturated rings. The minimum Gasteiger partial charge on any atom is -0.326 e. The highest BCUT2D eigenvalue weighted by molar-refractivity contribution is 6.06. The first kappa shape index (κ1) is 23.8. The Bertz CT molecular complexity index is 1340. The Hall–Kier alpha value is -4.39. The summed E-state index contributed by atoms with van der Waals surface area (Å²) < 4.78 is 40.3. The van der Waals surface area contributed by atoms with Gasteiger partial charge in [0.05, 0.1) is 13.0 Å². The highest BCUT2D eigenvalue weighted by Crippen LogP contribution is 2.23. The van der Waals surface area contributed by atoms with Gasteiger partial charge in [-0.3, -0.25) is 9.59 Å². The fraction of sp³-hybridized carbons (Fsp3) is 0.0714. The van der Waals surface area contributed by atoms with Gasteiger partial charge in [-0.1, -0.05) is 30.3 Å². The predicted molar refractivity (Wildman–Crippen MR) is 128 cm³/mol. The Morgan fingerprint density at radius 3 is 2.03 bits per heavy atom. The molecule has 4 nitrogen and oxygen atoms in total. The SMILES string of the molecule is O=C(Cc1cccc(N(Cc2ccc(F)cc2)C(=O)c2cccc(F)c2)c1)Nc1ccc(F)cc1. The van der Waals surface area contributed by atoms with E-state index in [4.69, 9.17) is 0 Å². The smallest absolute Gasteiger partial charge is 0.258 e. The van der Waals surface area contributed by atoms with E-state index >= 15 is 0 Å². The van der Waals surface area contributed by atoms with Gasteiger partial charge in [-0.25, -0.2) is 13.2 Å². The molecule has 0 radical (unpaired) electrons. The predicted octanol–water partition coefficient (Wildman–Crippen LogP) is 6.13. The van der Waals surface area contributed by atoms with E-state index in [1.54, 1.807) is 36.4 Å². The van der Waals surface area contributed by atoms with Gasteiger partial charge in [0, 0.05) is 16.9 Å². The highest BCUT2D eigenvalue weighted by atomic mass is 19.1. The number of hydrogen-bond donors (Lipinski definition) is 1. The van der Waals surface area contributed by atoms with Crippen molar-refractivity contribution in [2.45, 2.75) is 13.0 Å².